The summed E-state index contributed by atoms with van der Waals surface area (Å²) in [7, 11) is 84.4. The molecule has 7 aromatic carbocycles. The van der Waals surface area contributed by atoms with Crippen molar-refractivity contribution in [1.82, 2.24) is 9.55 Å². The summed E-state index contributed by atoms with van der Waals surface area (Å²) in [6, 6.07) is 28.9. The van der Waals surface area contributed by atoms with Gasteiger partial charge in [0.1, 0.15) is 78.5 Å². The first-order valence-electron chi connectivity index (χ1n) is 17.1. The molecule has 55 heavy (non-hydrogen) atoms. The lowest BCUT2D eigenvalue weighted by atomic mass is 9.42. The summed E-state index contributed by atoms with van der Waals surface area (Å²) in [5.41, 5.74) is 7.08. The van der Waals surface area contributed by atoms with Gasteiger partial charge in [-0.25, -0.2) is 4.98 Å². The fourth-order valence-electron chi connectivity index (χ4n) is 7.60. The van der Waals surface area contributed by atoms with E-state index in [-0.39, 0.29) is 60.5 Å². The lowest BCUT2D eigenvalue weighted by Gasteiger charge is -2.27. The zero-order valence-electron chi connectivity index (χ0n) is 29.6. The zero-order chi connectivity index (χ0) is 39.2. The Morgan fingerprint density at radius 1 is 0.418 bits per heavy atom. The third-order valence-electron chi connectivity index (χ3n) is 10.3. The predicted octanol–water partition coefficient (Wildman–Crippen LogP) is -3.11. The van der Waals surface area contributed by atoms with Crippen LogP contribution in [0.1, 0.15) is 5.82 Å². The Kier molecular flexibility index (Phi) is 9.18. The molecule has 1 aromatic heterocycles. The van der Waals surface area contributed by atoms with Crippen LogP contribution in [0.25, 0.3) is 71.6 Å². The van der Waals surface area contributed by atoms with Gasteiger partial charge in [-0.2, -0.15) is 0 Å². The number of para-hydroxylation sites is 3. The molecule has 224 valence electrons. The van der Waals surface area contributed by atoms with Gasteiger partial charge in [-0.3, -0.25) is 4.57 Å². The van der Waals surface area contributed by atoms with Gasteiger partial charge in [0, 0.05) is 5.56 Å². The van der Waals surface area contributed by atoms with Crippen LogP contribution >= 0.6 is 0 Å². The molecule has 8 aromatic rings. The van der Waals surface area contributed by atoms with E-state index in [1.807, 2.05) is 95.6 Å². The van der Waals surface area contributed by atoms with Crippen molar-refractivity contribution < 1.29 is 0 Å². The highest BCUT2D eigenvalue weighted by atomic mass is 15.1. The number of imidazole rings is 1. The third-order valence-corrected chi connectivity index (χ3v) is 10.3. The number of nitrogens with zero attached hydrogens (tertiary/aromatic N) is 2. The lowest BCUT2D eigenvalue weighted by Crippen LogP contribution is -2.55. The van der Waals surface area contributed by atoms with Gasteiger partial charge in [0.15, 0.2) is 0 Å². The number of fused-ring (bicyclic) bond motifs is 3. The molecular weight excluding hydrogens is 649 g/mol. The smallest absolute Gasteiger partial charge is 0.113 e. The molecule has 0 N–H and O–H groups in total. The lowest BCUT2D eigenvalue weighted by molar-refractivity contribution is 0.930. The molecule has 0 spiro atoms. The van der Waals surface area contributed by atoms with Crippen LogP contribution in [0.3, 0.4) is 0 Å². The van der Waals surface area contributed by atoms with Crippen LogP contribution in [0, 0.1) is 0 Å². The summed E-state index contributed by atoms with van der Waals surface area (Å²) >= 11 is 0. The van der Waals surface area contributed by atoms with Crippen LogP contribution in [-0.2, 0) is 5.11 Å². The molecule has 0 atom stereocenters. The van der Waals surface area contributed by atoms with Crippen LogP contribution in [0.2, 0.25) is 0 Å². The summed E-state index contributed by atoms with van der Waals surface area (Å²) in [5, 5.41) is 1.05. The van der Waals surface area contributed by atoms with Gasteiger partial charge in [0.05, 0.1) is 46.1 Å². The minimum atomic E-state index is -1.77. The van der Waals surface area contributed by atoms with Crippen molar-refractivity contribution in [3.63, 3.8) is 0 Å². The SMILES string of the molecule is [B]c1c([B])c([B])c(-c2c3ccccc3c(-c3c([B])c([B])c([B])c([B])c3[B])c3cc(-c4ccccc4-n4c(C([B])([B])[B])nc5ccccc54)ccc23)c([B])c1[B]. The molecule has 0 bridgehead atoms. The first-order chi connectivity index (χ1) is 26.1. The van der Waals surface area contributed by atoms with Gasteiger partial charge in [0.25, 0.3) is 0 Å². The number of hydrogen-bond donors (Lipinski definition) is 0. The van der Waals surface area contributed by atoms with Crippen molar-refractivity contribution in [3.8, 4) is 39.1 Å². The van der Waals surface area contributed by atoms with Crippen LogP contribution in [-0.4, -0.2) is 112 Å². The van der Waals surface area contributed by atoms with Crippen LogP contribution in [0.4, 0.5) is 0 Å². The molecule has 0 aliphatic rings. The summed E-state index contributed by atoms with van der Waals surface area (Å²) in [6.45, 7) is 0. The Morgan fingerprint density at radius 2 is 0.855 bits per heavy atom. The van der Waals surface area contributed by atoms with Crippen LogP contribution in [0.5, 0.6) is 0 Å². The second-order valence-electron chi connectivity index (χ2n) is 13.7. The Morgan fingerprint density at radius 3 is 1.40 bits per heavy atom. The Bertz CT molecular complexity index is 2870. The van der Waals surface area contributed by atoms with E-state index in [4.69, 9.17) is 107 Å². The molecule has 0 fully saturated rings. The molecule has 0 aliphatic carbocycles. The normalized spacial score (nSPS) is 11.9. The van der Waals surface area contributed by atoms with Crippen molar-refractivity contribution in [2.45, 2.75) is 5.11 Å². The van der Waals surface area contributed by atoms with Gasteiger partial charge >= 0.3 is 0 Å². The summed E-state index contributed by atoms with van der Waals surface area (Å²) in [4.78, 5) is 4.73. The third kappa shape index (κ3) is 5.70. The fraction of sp³-hybridized carbons (Fsp3) is 0.0250. The second kappa shape index (κ2) is 13.5. The molecule has 26 radical (unpaired) electrons. The summed E-state index contributed by atoms with van der Waals surface area (Å²) < 4.78 is 1.86. The second-order valence-corrected chi connectivity index (χ2v) is 13.7. The summed E-state index contributed by atoms with van der Waals surface area (Å²) in [5.74, 6) is 0.258. The molecule has 0 saturated carbocycles. The fourth-order valence-corrected chi connectivity index (χ4v) is 7.60. The summed E-state index contributed by atoms with van der Waals surface area (Å²) in [6.07, 6.45) is 0. The first kappa shape index (κ1) is 37.3. The molecule has 0 aliphatic heterocycles. The van der Waals surface area contributed by atoms with E-state index >= 15 is 0 Å². The number of aromatic nitrogens is 2. The molecule has 2 nitrogen and oxygen atoms in total. The molecule has 0 saturated heterocycles. The standard InChI is InChI=1S/C40H15B13N2/c41-29-27(30(42)34(46)37(49)33(29)45)25-18-8-1-2-9-19(18)26(28-31(43)35(47)38(50)36(48)32(28)44)21-15-16(13-14-20(21)25)17-7-3-5-11-23(17)55-24-12-6-4-10-22(24)54-39(55)40(51,52)53/h1-15H. The Balaban J connectivity index is 1.56. The molecule has 0 unspecified atom stereocenters. The quantitative estimate of drug-likeness (QED) is 0.141. The monoisotopic (exact) mass is 666 g/mol. The molecule has 15 heteroatoms. The van der Waals surface area contributed by atoms with E-state index in [9.17, 15) is 0 Å². The maximum absolute atomic E-state index is 6.80. The highest BCUT2D eigenvalue weighted by Crippen LogP contribution is 2.44. The van der Waals surface area contributed by atoms with E-state index in [1.54, 1.807) is 0 Å². The van der Waals surface area contributed by atoms with E-state index < -0.39 is 5.11 Å². The van der Waals surface area contributed by atoms with Crippen molar-refractivity contribution >= 4 is 189 Å². The largest absolute Gasteiger partial charge is 0.297 e. The minimum absolute atomic E-state index is 0.0890. The number of benzene rings is 7. The molecule has 1 heterocycles. The highest BCUT2D eigenvalue weighted by molar-refractivity contribution is 6.70. The maximum Gasteiger partial charge on any atom is 0.113 e. The van der Waals surface area contributed by atoms with Gasteiger partial charge in [-0.15, -0.1) is 32.8 Å². The van der Waals surface area contributed by atoms with Crippen LogP contribution < -0.4 is 54.6 Å². The topological polar surface area (TPSA) is 17.8 Å². The number of rotatable bonds is 5. The molecule has 0 amide bonds. The zero-order valence-corrected chi connectivity index (χ0v) is 29.6. The van der Waals surface area contributed by atoms with Gasteiger partial charge in [-0.05, 0) is 73.6 Å². The minimum Gasteiger partial charge on any atom is -0.297 e. The van der Waals surface area contributed by atoms with E-state index in [2.05, 4.69) is 0 Å². The van der Waals surface area contributed by atoms with E-state index in [0.717, 1.165) is 22.0 Å². The van der Waals surface area contributed by atoms with Gasteiger partial charge in [-0.1, -0.05) is 93.7 Å². The van der Waals surface area contributed by atoms with Gasteiger partial charge in [0.2, 0.25) is 0 Å². The Hall–Kier alpha value is -4.63. The predicted molar refractivity (Wildman–Crippen MR) is 245 cm³/mol. The average molecular weight is 664 g/mol. The van der Waals surface area contributed by atoms with Crippen LogP contribution in [0.15, 0.2) is 91.0 Å². The van der Waals surface area contributed by atoms with Crippen molar-refractivity contribution in [2.24, 2.45) is 0 Å². The van der Waals surface area contributed by atoms with E-state index in [0.29, 0.717) is 49.6 Å². The average Bonchev–Trinajstić information content (AvgIpc) is 3.59. The number of hydrogen-bond acceptors (Lipinski definition) is 1. The maximum atomic E-state index is 6.80. The van der Waals surface area contributed by atoms with E-state index in [1.165, 1.54) is 0 Å². The Labute approximate surface area is 338 Å². The van der Waals surface area contributed by atoms with Gasteiger partial charge < -0.3 is 0 Å². The molecule has 8 rings (SSSR count). The first-order valence-corrected chi connectivity index (χ1v) is 17.1. The van der Waals surface area contributed by atoms with Crippen molar-refractivity contribution in [1.29, 1.82) is 0 Å². The van der Waals surface area contributed by atoms with Crippen molar-refractivity contribution in [3.05, 3.63) is 96.8 Å². The molecular formula is C40H15B13N2. The highest BCUT2D eigenvalue weighted by Gasteiger charge is 2.26. The van der Waals surface area contributed by atoms with Crippen molar-refractivity contribution in [2.75, 3.05) is 0 Å².